The van der Waals surface area contributed by atoms with Crippen molar-refractivity contribution in [2.75, 3.05) is 4.90 Å². The smallest absolute Gasteiger partial charge is 0.257 e. The van der Waals surface area contributed by atoms with Crippen LogP contribution in [-0.2, 0) is 16.0 Å². The number of carbonyl (C=O) groups is 2. The van der Waals surface area contributed by atoms with E-state index in [1.54, 1.807) is 4.90 Å². The number of fused-ring (bicyclic) bond motifs is 4. The molecule has 2 unspecified atom stereocenters. The van der Waals surface area contributed by atoms with Crippen LogP contribution in [-0.4, -0.2) is 16.7 Å². The summed E-state index contributed by atoms with van der Waals surface area (Å²) in [5.41, 5.74) is 3.40. The largest absolute Gasteiger partial charge is 0.346 e. The predicted molar refractivity (Wildman–Crippen MR) is 97.4 cm³/mol. The zero-order valence-electron chi connectivity index (χ0n) is 13.7. The fourth-order valence-corrected chi connectivity index (χ4v) is 5.70. The van der Waals surface area contributed by atoms with Crippen molar-refractivity contribution in [3.63, 3.8) is 0 Å². The number of benzene rings is 2. The topological polar surface area (TPSA) is 49.4 Å². The lowest BCUT2D eigenvalue weighted by Crippen LogP contribution is -2.52. The quantitative estimate of drug-likeness (QED) is 0.903. The highest BCUT2D eigenvalue weighted by Gasteiger charge is 2.57. The highest BCUT2D eigenvalue weighted by Crippen LogP contribution is 2.56. The van der Waals surface area contributed by atoms with Crippen molar-refractivity contribution in [2.24, 2.45) is 0 Å². The van der Waals surface area contributed by atoms with E-state index in [-0.39, 0.29) is 17.9 Å². The van der Waals surface area contributed by atoms with Crippen molar-refractivity contribution in [3.8, 4) is 0 Å². The third-order valence-corrected chi connectivity index (χ3v) is 6.94. The number of nitrogens with zero attached hydrogens (tertiary/aromatic N) is 1. The molecule has 5 rings (SSSR count). The van der Waals surface area contributed by atoms with Crippen molar-refractivity contribution in [1.82, 2.24) is 5.32 Å². The van der Waals surface area contributed by atoms with Crippen LogP contribution in [0.2, 0.25) is 0 Å². The lowest BCUT2D eigenvalue weighted by Gasteiger charge is -2.31. The molecule has 5 heteroatoms. The van der Waals surface area contributed by atoms with Crippen LogP contribution >= 0.6 is 11.8 Å². The third kappa shape index (κ3) is 2.08. The van der Waals surface area contributed by atoms with Gasteiger partial charge in [-0.1, -0.05) is 48.2 Å². The minimum atomic E-state index is -0.821. The van der Waals surface area contributed by atoms with E-state index in [0.717, 1.165) is 23.4 Å². The zero-order valence-corrected chi connectivity index (χ0v) is 14.5. The lowest BCUT2D eigenvalue weighted by molar-refractivity contribution is -0.125. The number of hydrogen-bond acceptors (Lipinski definition) is 3. The number of nitrogens with one attached hydrogen (secondary N) is 1. The van der Waals surface area contributed by atoms with Gasteiger partial charge in [-0.15, -0.1) is 0 Å². The molecule has 1 N–H and O–H groups in total. The molecule has 0 aromatic heterocycles. The van der Waals surface area contributed by atoms with Crippen molar-refractivity contribution >= 4 is 29.3 Å². The van der Waals surface area contributed by atoms with Gasteiger partial charge in [0, 0.05) is 11.3 Å². The molecule has 2 aromatic carbocycles. The summed E-state index contributed by atoms with van der Waals surface area (Å²) in [5, 5.41) is 3.24. The number of carbonyl (C=O) groups excluding carboxylic acids is 2. The summed E-state index contributed by atoms with van der Waals surface area (Å²) < 4.78 is 0. The molecule has 2 atom stereocenters. The zero-order chi connectivity index (χ0) is 17.0. The van der Waals surface area contributed by atoms with Gasteiger partial charge < -0.3 is 5.32 Å². The molecular formula is C20H18N2O2S. The van der Waals surface area contributed by atoms with Crippen LogP contribution < -0.4 is 10.2 Å². The third-order valence-electron chi connectivity index (χ3n) is 5.47. The van der Waals surface area contributed by atoms with Gasteiger partial charge in [0.2, 0.25) is 5.91 Å². The van der Waals surface area contributed by atoms with E-state index in [0.29, 0.717) is 12.8 Å². The molecule has 0 bridgehead atoms. The second-order valence-corrected chi connectivity index (χ2v) is 8.17. The molecule has 3 aliphatic rings. The van der Waals surface area contributed by atoms with Crippen molar-refractivity contribution in [1.29, 1.82) is 0 Å². The lowest BCUT2D eigenvalue weighted by atomic mass is 10.1. The summed E-state index contributed by atoms with van der Waals surface area (Å²) in [6.07, 6.45) is 2.90. The average molecular weight is 350 g/mol. The normalized spacial score (nSPS) is 26.3. The van der Waals surface area contributed by atoms with Crippen LogP contribution in [0, 0.1) is 0 Å². The Labute approximate surface area is 150 Å². The molecule has 2 heterocycles. The molecule has 4 nitrogen and oxygen atoms in total. The monoisotopic (exact) mass is 350 g/mol. The SMILES string of the molecule is O=C1CCC2(C(=O)NC3CCc4ccccc43)Sc3ccccc3N12. The second-order valence-electron chi connectivity index (χ2n) is 6.85. The minimum absolute atomic E-state index is 0.0405. The number of amides is 2. The predicted octanol–water partition coefficient (Wildman–Crippen LogP) is 3.42. The highest BCUT2D eigenvalue weighted by atomic mass is 32.2. The molecule has 1 saturated heterocycles. The maximum atomic E-state index is 13.3. The van der Waals surface area contributed by atoms with Gasteiger partial charge in [0.15, 0.2) is 4.87 Å². The number of rotatable bonds is 2. The molecule has 25 heavy (non-hydrogen) atoms. The molecule has 2 aliphatic heterocycles. The summed E-state index contributed by atoms with van der Waals surface area (Å²) >= 11 is 1.52. The molecule has 2 aromatic rings. The van der Waals surface area contributed by atoms with Gasteiger partial charge in [0.1, 0.15) is 0 Å². The standard InChI is InChI=1S/C20H18N2O2S/c23-18-11-12-20(22(18)16-7-3-4-8-17(16)25-20)19(24)21-15-10-9-13-5-1-2-6-14(13)15/h1-8,15H,9-12H2,(H,21,24). The summed E-state index contributed by atoms with van der Waals surface area (Å²) in [7, 11) is 0. The van der Waals surface area contributed by atoms with Crippen LogP contribution in [0.3, 0.4) is 0 Å². The molecule has 2 amide bonds. The summed E-state index contributed by atoms with van der Waals surface area (Å²) in [5.74, 6) is 0.000625. The highest BCUT2D eigenvalue weighted by molar-refractivity contribution is 8.02. The summed E-state index contributed by atoms with van der Waals surface area (Å²) in [6.45, 7) is 0. The van der Waals surface area contributed by atoms with Gasteiger partial charge in [0.25, 0.3) is 5.91 Å². The molecule has 1 aliphatic carbocycles. The van der Waals surface area contributed by atoms with Crippen LogP contribution in [0.1, 0.15) is 36.4 Å². The number of anilines is 1. The first kappa shape index (κ1) is 15.0. The van der Waals surface area contributed by atoms with Gasteiger partial charge in [0.05, 0.1) is 11.7 Å². The Morgan fingerprint density at radius 3 is 2.84 bits per heavy atom. The van der Waals surface area contributed by atoms with E-state index in [2.05, 4.69) is 17.4 Å². The van der Waals surface area contributed by atoms with Gasteiger partial charge in [-0.25, -0.2) is 0 Å². The molecule has 126 valence electrons. The number of para-hydroxylation sites is 1. The van der Waals surface area contributed by atoms with E-state index in [1.807, 2.05) is 36.4 Å². The van der Waals surface area contributed by atoms with Crippen LogP contribution in [0.5, 0.6) is 0 Å². The molecule has 0 spiro atoms. The van der Waals surface area contributed by atoms with Crippen LogP contribution in [0.4, 0.5) is 5.69 Å². The van der Waals surface area contributed by atoms with E-state index >= 15 is 0 Å². The van der Waals surface area contributed by atoms with Gasteiger partial charge in [-0.3, -0.25) is 14.5 Å². The first-order valence-electron chi connectivity index (χ1n) is 8.69. The Morgan fingerprint density at radius 2 is 1.92 bits per heavy atom. The Hall–Kier alpha value is -2.27. The summed E-state index contributed by atoms with van der Waals surface area (Å²) in [6, 6.07) is 16.1. The molecular weight excluding hydrogens is 332 g/mol. The fraction of sp³-hybridized carbons (Fsp3) is 0.300. The average Bonchev–Trinajstić information content (AvgIpc) is 3.28. The number of hydrogen-bond donors (Lipinski definition) is 1. The van der Waals surface area contributed by atoms with E-state index in [9.17, 15) is 9.59 Å². The van der Waals surface area contributed by atoms with Gasteiger partial charge in [-0.2, -0.15) is 0 Å². The molecule has 0 saturated carbocycles. The maximum absolute atomic E-state index is 13.3. The Balaban J connectivity index is 1.47. The number of aryl methyl sites for hydroxylation is 1. The number of thioether (sulfide) groups is 1. The Bertz CT molecular complexity index is 897. The van der Waals surface area contributed by atoms with Crippen molar-refractivity contribution in [2.45, 2.75) is 41.5 Å². The maximum Gasteiger partial charge on any atom is 0.257 e. The fourth-order valence-electron chi connectivity index (χ4n) is 4.28. The Morgan fingerprint density at radius 1 is 1.12 bits per heavy atom. The van der Waals surface area contributed by atoms with Crippen molar-refractivity contribution in [3.05, 3.63) is 59.7 Å². The van der Waals surface area contributed by atoms with Crippen LogP contribution in [0.25, 0.3) is 0 Å². The van der Waals surface area contributed by atoms with E-state index in [1.165, 1.54) is 22.9 Å². The van der Waals surface area contributed by atoms with Crippen molar-refractivity contribution < 1.29 is 9.59 Å². The van der Waals surface area contributed by atoms with Gasteiger partial charge >= 0.3 is 0 Å². The first-order valence-corrected chi connectivity index (χ1v) is 9.50. The molecule has 0 radical (unpaired) electrons. The van der Waals surface area contributed by atoms with Crippen LogP contribution in [0.15, 0.2) is 53.4 Å². The van der Waals surface area contributed by atoms with E-state index in [4.69, 9.17) is 0 Å². The minimum Gasteiger partial charge on any atom is -0.346 e. The molecule has 1 fully saturated rings. The second kappa shape index (κ2) is 5.36. The first-order chi connectivity index (χ1) is 12.2. The van der Waals surface area contributed by atoms with E-state index < -0.39 is 4.87 Å². The Kier molecular flexibility index (Phi) is 3.22. The van der Waals surface area contributed by atoms with Gasteiger partial charge in [-0.05, 0) is 42.5 Å². The summed E-state index contributed by atoms with van der Waals surface area (Å²) in [4.78, 5) is 27.7.